The fourth-order valence-electron chi connectivity index (χ4n) is 1.77. The molecule has 0 saturated carbocycles. The van der Waals surface area contributed by atoms with Crippen LogP contribution >= 0.6 is 11.6 Å². The maximum absolute atomic E-state index is 12.0. The van der Waals surface area contributed by atoms with E-state index in [1.165, 1.54) is 0 Å². The Balaban J connectivity index is 2.81. The van der Waals surface area contributed by atoms with Gasteiger partial charge in [-0.05, 0) is 31.6 Å². The minimum atomic E-state index is -0.0521. The molecule has 1 amide bonds. The van der Waals surface area contributed by atoms with Gasteiger partial charge in [0.25, 0.3) is 0 Å². The van der Waals surface area contributed by atoms with Crippen LogP contribution in [0.3, 0.4) is 0 Å². The number of amides is 1. The van der Waals surface area contributed by atoms with Crippen LogP contribution in [-0.2, 0) is 4.79 Å². The second-order valence-corrected chi connectivity index (χ2v) is 4.72. The van der Waals surface area contributed by atoms with Crippen molar-refractivity contribution in [3.8, 4) is 5.75 Å². The highest BCUT2D eigenvalue weighted by atomic mass is 35.5. The molecule has 1 rings (SSSR count). The lowest BCUT2D eigenvalue weighted by molar-refractivity contribution is -0.117. The molecule has 0 saturated heterocycles. The van der Waals surface area contributed by atoms with E-state index in [9.17, 15) is 4.79 Å². The third-order valence-corrected chi connectivity index (χ3v) is 3.42. The van der Waals surface area contributed by atoms with Gasteiger partial charge in [-0.1, -0.05) is 25.4 Å². The van der Waals surface area contributed by atoms with Gasteiger partial charge in [0.2, 0.25) is 5.91 Å². The highest BCUT2D eigenvalue weighted by Crippen LogP contribution is 2.30. The summed E-state index contributed by atoms with van der Waals surface area (Å²) in [5, 5.41) is 3.49. The Morgan fingerprint density at radius 3 is 2.53 bits per heavy atom. The van der Waals surface area contributed by atoms with Crippen LogP contribution in [0.1, 0.15) is 19.4 Å². The summed E-state index contributed by atoms with van der Waals surface area (Å²) < 4.78 is 5.23. The molecule has 5 heteroatoms. The number of carbonyl (C=O) groups is 1. The summed E-state index contributed by atoms with van der Waals surface area (Å²) in [4.78, 5) is 14.0. The van der Waals surface area contributed by atoms with Crippen LogP contribution < -0.4 is 10.1 Å². The summed E-state index contributed by atoms with van der Waals surface area (Å²) in [6, 6.07) is 3.53. The molecule has 106 valence electrons. The van der Waals surface area contributed by atoms with Crippen molar-refractivity contribution >= 4 is 23.2 Å². The van der Waals surface area contributed by atoms with E-state index in [1.807, 2.05) is 31.7 Å². The zero-order valence-electron chi connectivity index (χ0n) is 11.9. The number of rotatable bonds is 6. The van der Waals surface area contributed by atoms with Gasteiger partial charge in [0, 0.05) is 11.1 Å². The molecule has 0 aromatic heterocycles. The molecule has 1 aromatic rings. The largest absolute Gasteiger partial charge is 0.495 e. The van der Waals surface area contributed by atoms with E-state index in [2.05, 4.69) is 5.32 Å². The van der Waals surface area contributed by atoms with Gasteiger partial charge in [0.05, 0.1) is 19.3 Å². The summed E-state index contributed by atoms with van der Waals surface area (Å²) in [7, 11) is 1.56. The number of methoxy groups -OCH3 is 1. The van der Waals surface area contributed by atoms with Gasteiger partial charge in [-0.25, -0.2) is 0 Å². The van der Waals surface area contributed by atoms with E-state index in [1.54, 1.807) is 13.2 Å². The molecule has 0 unspecified atom stereocenters. The number of ether oxygens (including phenoxy) is 1. The SMILES string of the molecule is CCN(CC)CC(=O)Nc1cc(C)c(Cl)cc1OC. The Bertz CT molecular complexity index is 445. The van der Waals surface area contributed by atoms with Crippen LogP contribution in [-0.4, -0.2) is 37.6 Å². The molecule has 1 N–H and O–H groups in total. The van der Waals surface area contributed by atoms with Crippen molar-refractivity contribution in [2.45, 2.75) is 20.8 Å². The van der Waals surface area contributed by atoms with E-state index >= 15 is 0 Å². The van der Waals surface area contributed by atoms with Crippen LogP contribution in [0.5, 0.6) is 5.75 Å². The molecule has 19 heavy (non-hydrogen) atoms. The molecular weight excluding hydrogens is 264 g/mol. The van der Waals surface area contributed by atoms with Crippen LogP contribution in [0.25, 0.3) is 0 Å². The van der Waals surface area contributed by atoms with Crippen molar-refractivity contribution in [1.29, 1.82) is 0 Å². The van der Waals surface area contributed by atoms with Crippen molar-refractivity contribution in [3.63, 3.8) is 0 Å². The number of likely N-dealkylation sites (N-methyl/N-ethyl adjacent to an activating group) is 1. The molecule has 4 nitrogen and oxygen atoms in total. The minimum absolute atomic E-state index is 0.0521. The minimum Gasteiger partial charge on any atom is -0.495 e. The number of hydrogen-bond donors (Lipinski definition) is 1. The van der Waals surface area contributed by atoms with Crippen LogP contribution in [0.4, 0.5) is 5.69 Å². The first kappa shape index (κ1) is 15.8. The Morgan fingerprint density at radius 2 is 2.00 bits per heavy atom. The van der Waals surface area contributed by atoms with Gasteiger partial charge in [0.1, 0.15) is 5.75 Å². The maximum Gasteiger partial charge on any atom is 0.238 e. The Hall–Kier alpha value is -1.26. The van der Waals surface area contributed by atoms with E-state index in [-0.39, 0.29) is 5.91 Å². The number of hydrogen-bond acceptors (Lipinski definition) is 3. The van der Waals surface area contributed by atoms with Gasteiger partial charge in [-0.2, -0.15) is 0 Å². The molecule has 0 spiro atoms. The molecule has 1 aromatic carbocycles. The topological polar surface area (TPSA) is 41.6 Å². The van der Waals surface area contributed by atoms with Crippen molar-refractivity contribution in [3.05, 3.63) is 22.7 Å². The highest BCUT2D eigenvalue weighted by Gasteiger charge is 2.12. The van der Waals surface area contributed by atoms with E-state index < -0.39 is 0 Å². The quantitative estimate of drug-likeness (QED) is 0.873. The molecule has 0 radical (unpaired) electrons. The molecule has 0 aliphatic carbocycles. The third kappa shape index (κ3) is 4.40. The Labute approximate surface area is 119 Å². The van der Waals surface area contributed by atoms with Crippen molar-refractivity contribution in [2.75, 3.05) is 32.1 Å². The normalized spacial score (nSPS) is 10.6. The van der Waals surface area contributed by atoms with E-state index in [0.717, 1.165) is 18.7 Å². The van der Waals surface area contributed by atoms with Crippen LogP contribution in [0.15, 0.2) is 12.1 Å². The number of aryl methyl sites for hydroxylation is 1. The average molecular weight is 285 g/mol. The maximum atomic E-state index is 12.0. The smallest absolute Gasteiger partial charge is 0.238 e. The van der Waals surface area contributed by atoms with Crippen molar-refractivity contribution in [1.82, 2.24) is 4.90 Å². The fourth-order valence-corrected chi connectivity index (χ4v) is 1.92. The van der Waals surface area contributed by atoms with Gasteiger partial charge in [0.15, 0.2) is 0 Å². The molecule has 0 atom stereocenters. The van der Waals surface area contributed by atoms with Gasteiger partial charge in [-0.3, -0.25) is 9.69 Å². The lowest BCUT2D eigenvalue weighted by Crippen LogP contribution is -2.33. The molecular formula is C14H21ClN2O2. The summed E-state index contributed by atoms with van der Waals surface area (Å²) in [6.45, 7) is 8.02. The average Bonchev–Trinajstić information content (AvgIpc) is 2.39. The van der Waals surface area contributed by atoms with Crippen molar-refractivity contribution in [2.24, 2.45) is 0 Å². The molecule has 0 fully saturated rings. The summed E-state index contributed by atoms with van der Waals surface area (Å²) >= 11 is 6.03. The second kappa shape index (κ2) is 7.36. The third-order valence-electron chi connectivity index (χ3n) is 3.02. The van der Waals surface area contributed by atoms with E-state index in [4.69, 9.17) is 16.3 Å². The number of halogens is 1. The number of anilines is 1. The predicted octanol–water partition coefficient (Wildman–Crippen LogP) is 2.94. The number of carbonyl (C=O) groups excluding carboxylic acids is 1. The Kier molecular flexibility index (Phi) is 6.12. The summed E-state index contributed by atoms with van der Waals surface area (Å²) in [5.41, 5.74) is 1.56. The van der Waals surface area contributed by atoms with Crippen molar-refractivity contribution < 1.29 is 9.53 Å². The van der Waals surface area contributed by atoms with Crippen LogP contribution in [0.2, 0.25) is 5.02 Å². The van der Waals surface area contributed by atoms with E-state index in [0.29, 0.717) is 23.0 Å². The summed E-state index contributed by atoms with van der Waals surface area (Å²) in [5.74, 6) is 0.521. The van der Waals surface area contributed by atoms with Gasteiger partial charge in [-0.15, -0.1) is 0 Å². The zero-order chi connectivity index (χ0) is 14.4. The molecule has 0 aliphatic rings. The first-order valence-electron chi connectivity index (χ1n) is 6.38. The second-order valence-electron chi connectivity index (χ2n) is 4.31. The molecule has 0 bridgehead atoms. The fraction of sp³-hybridized carbons (Fsp3) is 0.500. The lowest BCUT2D eigenvalue weighted by Gasteiger charge is -2.18. The number of nitrogens with zero attached hydrogens (tertiary/aromatic N) is 1. The predicted molar refractivity (Wildman–Crippen MR) is 79.2 cm³/mol. The molecule has 0 heterocycles. The summed E-state index contributed by atoms with van der Waals surface area (Å²) in [6.07, 6.45) is 0. The Morgan fingerprint density at radius 1 is 1.37 bits per heavy atom. The first-order chi connectivity index (χ1) is 9.01. The number of nitrogens with one attached hydrogen (secondary N) is 1. The monoisotopic (exact) mass is 284 g/mol. The standard InChI is InChI=1S/C14H21ClN2O2/c1-5-17(6-2)9-14(18)16-12-7-10(3)11(15)8-13(12)19-4/h7-8H,5-6,9H2,1-4H3,(H,16,18). The zero-order valence-corrected chi connectivity index (χ0v) is 12.7. The lowest BCUT2D eigenvalue weighted by atomic mass is 10.2. The van der Waals surface area contributed by atoms with Gasteiger partial charge >= 0.3 is 0 Å². The van der Waals surface area contributed by atoms with Crippen LogP contribution in [0, 0.1) is 6.92 Å². The molecule has 0 aliphatic heterocycles. The number of benzene rings is 1. The van der Waals surface area contributed by atoms with Gasteiger partial charge < -0.3 is 10.1 Å². The first-order valence-corrected chi connectivity index (χ1v) is 6.75. The highest BCUT2D eigenvalue weighted by molar-refractivity contribution is 6.31.